The summed E-state index contributed by atoms with van der Waals surface area (Å²) in [6, 6.07) is 9.79. The van der Waals surface area contributed by atoms with Crippen molar-refractivity contribution in [3.63, 3.8) is 0 Å². The van der Waals surface area contributed by atoms with Crippen LogP contribution in [0.4, 0.5) is 20.6 Å². The van der Waals surface area contributed by atoms with Crippen LogP contribution in [-0.4, -0.2) is 11.1 Å². The van der Waals surface area contributed by atoms with Gasteiger partial charge in [-0.3, -0.25) is 0 Å². The van der Waals surface area contributed by atoms with Gasteiger partial charge in [0.1, 0.15) is 11.6 Å². The number of anilines is 2. The fourth-order valence-electron chi connectivity index (χ4n) is 2.46. The van der Waals surface area contributed by atoms with Crippen LogP contribution in [-0.2, 0) is 0 Å². The lowest BCUT2D eigenvalue weighted by Gasteiger charge is -2.13. The number of carbonyl (C=O) groups is 1. The second-order valence-electron chi connectivity index (χ2n) is 5.49. The van der Waals surface area contributed by atoms with Gasteiger partial charge in [-0.25, -0.2) is 9.18 Å². The summed E-state index contributed by atoms with van der Waals surface area (Å²) >= 11 is 12.4. The molecule has 0 bridgehead atoms. The lowest BCUT2D eigenvalue weighted by Crippen LogP contribution is -2.20. The Kier molecular flexibility index (Phi) is 4.70. The van der Waals surface area contributed by atoms with E-state index in [-0.39, 0.29) is 16.6 Å². The molecule has 128 valence electrons. The number of fused-ring (bicyclic) bond motifs is 1. The van der Waals surface area contributed by atoms with Crippen LogP contribution in [0.5, 0.6) is 5.75 Å². The van der Waals surface area contributed by atoms with E-state index in [9.17, 15) is 14.3 Å². The predicted octanol–water partition coefficient (Wildman–Crippen LogP) is 5.94. The second kappa shape index (κ2) is 6.78. The SMILES string of the molecule is Cc1cc(NC(=O)Nc2c(Cl)cc(Cl)c3ccc(O)cc23)ccc1F. The van der Waals surface area contributed by atoms with E-state index in [0.29, 0.717) is 32.7 Å². The number of urea groups is 1. The third-order valence-corrected chi connectivity index (χ3v) is 4.29. The van der Waals surface area contributed by atoms with Gasteiger partial charge in [0.05, 0.1) is 15.7 Å². The molecule has 0 aliphatic heterocycles. The van der Waals surface area contributed by atoms with Gasteiger partial charge in [-0.05, 0) is 55.0 Å². The molecule has 2 amide bonds. The van der Waals surface area contributed by atoms with Gasteiger partial charge < -0.3 is 15.7 Å². The van der Waals surface area contributed by atoms with Crippen molar-refractivity contribution >= 4 is 51.4 Å². The molecule has 0 spiro atoms. The molecular formula is C18H13Cl2FN2O2. The summed E-state index contributed by atoms with van der Waals surface area (Å²) in [6.07, 6.45) is 0. The fraction of sp³-hybridized carbons (Fsp3) is 0.0556. The van der Waals surface area contributed by atoms with Gasteiger partial charge in [0.2, 0.25) is 0 Å². The maximum Gasteiger partial charge on any atom is 0.323 e. The molecule has 0 saturated carbocycles. The first-order chi connectivity index (χ1) is 11.8. The smallest absolute Gasteiger partial charge is 0.323 e. The maximum absolute atomic E-state index is 13.3. The van der Waals surface area contributed by atoms with Crippen molar-refractivity contribution in [1.82, 2.24) is 0 Å². The number of aromatic hydroxyl groups is 1. The Labute approximate surface area is 153 Å². The van der Waals surface area contributed by atoms with Gasteiger partial charge >= 0.3 is 6.03 Å². The van der Waals surface area contributed by atoms with E-state index in [1.165, 1.54) is 36.4 Å². The number of nitrogens with one attached hydrogen (secondary N) is 2. The van der Waals surface area contributed by atoms with E-state index >= 15 is 0 Å². The summed E-state index contributed by atoms with van der Waals surface area (Å²) < 4.78 is 13.3. The van der Waals surface area contributed by atoms with Crippen molar-refractivity contribution in [2.24, 2.45) is 0 Å². The molecule has 3 N–H and O–H groups in total. The first-order valence-electron chi connectivity index (χ1n) is 7.30. The van der Waals surface area contributed by atoms with E-state index in [4.69, 9.17) is 23.2 Å². The average molecular weight is 379 g/mol. The van der Waals surface area contributed by atoms with Crippen molar-refractivity contribution in [3.05, 3.63) is 63.9 Å². The summed E-state index contributed by atoms with van der Waals surface area (Å²) in [5.74, 6) is -0.336. The number of halogens is 3. The molecule has 3 aromatic carbocycles. The molecule has 0 aliphatic carbocycles. The quantitative estimate of drug-likeness (QED) is 0.516. The zero-order valence-electron chi connectivity index (χ0n) is 13.0. The first kappa shape index (κ1) is 17.3. The largest absolute Gasteiger partial charge is 0.508 e. The Balaban J connectivity index is 1.93. The molecule has 7 heteroatoms. The average Bonchev–Trinajstić information content (AvgIpc) is 2.54. The number of hydrogen-bond donors (Lipinski definition) is 3. The predicted molar refractivity (Wildman–Crippen MR) is 99.4 cm³/mol. The topological polar surface area (TPSA) is 61.4 Å². The number of phenolic OH excluding ortho intramolecular Hbond substituents is 1. The number of carbonyl (C=O) groups excluding carboxylic acids is 1. The van der Waals surface area contributed by atoms with E-state index in [1.807, 2.05) is 0 Å². The molecule has 3 rings (SSSR count). The van der Waals surface area contributed by atoms with Gasteiger partial charge in [0.15, 0.2) is 0 Å². The van der Waals surface area contributed by atoms with Crippen LogP contribution < -0.4 is 10.6 Å². The van der Waals surface area contributed by atoms with Gasteiger partial charge in [0.25, 0.3) is 0 Å². The normalized spacial score (nSPS) is 10.7. The molecule has 0 aliphatic rings. The van der Waals surface area contributed by atoms with Crippen molar-refractivity contribution < 1.29 is 14.3 Å². The highest BCUT2D eigenvalue weighted by Gasteiger charge is 2.14. The monoisotopic (exact) mass is 378 g/mol. The van der Waals surface area contributed by atoms with Crippen LogP contribution in [0.25, 0.3) is 10.8 Å². The van der Waals surface area contributed by atoms with E-state index in [0.717, 1.165) is 0 Å². The molecule has 0 saturated heterocycles. The zero-order valence-corrected chi connectivity index (χ0v) is 14.5. The molecule has 3 aromatic rings. The molecule has 0 fully saturated rings. The number of benzene rings is 3. The zero-order chi connectivity index (χ0) is 18.1. The summed E-state index contributed by atoms with van der Waals surface area (Å²) in [7, 11) is 0. The molecule has 4 nitrogen and oxygen atoms in total. The van der Waals surface area contributed by atoms with Crippen molar-refractivity contribution in [2.45, 2.75) is 6.92 Å². The Morgan fingerprint density at radius 2 is 1.76 bits per heavy atom. The van der Waals surface area contributed by atoms with Crippen LogP contribution >= 0.6 is 23.2 Å². The second-order valence-corrected chi connectivity index (χ2v) is 6.30. The third-order valence-electron chi connectivity index (χ3n) is 3.68. The van der Waals surface area contributed by atoms with Gasteiger partial charge in [-0.2, -0.15) is 0 Å². The third kappa shape index (κ3) is 3.62. The van der Waals surface area contributed by atoms with Gasteiger partial charge in [-0.15, -0.1) is 0 Å². The summed E-state index contributed by atoms with van der Waals surface area (Å²) in [4.78, 5) is 12.3. The van der Waals surface area contributed by atoms with Crippen LogP contribution in [0.1, 0.15) is 5.56 Å². The van der Waals surface area contributed by atoms with Gasteiger partial charge in [-0.1, -0.05) is 23.2 Å². The van der Waals surface area contributed by atoms with Crippen molar-refractivity contribution in [3.8, 4) is 5.75 Å². The molecule has 0 aromatic heterocycles. The molecule has 0 heterocycles. The molecule has 0 radical (unpaired) electrons. The Morgan fingerprint density at radius 3 is 2.48 bits per heavy atom. The van der Waals surface area contributed by atoms with Crippen LogP contribution in [0.2, 0.25) is 10.0 Å². The summed E-state index contributed by atoms with van der Waals surface area (Å²) in [5, 5.41) is 16.7. The minimum Gasteiger partial charge on any atom is -0.508 e. The fourth-order valence-corrected chi connectivity index (χ4v) is 3.05. The number of phenols is 1. The van der Waals surface area contributed by atoms with E-state index in [2.05, 4.69) is 10.6 Å². The summed E-state index contributed by atoms with van der Waals surface area (Å²) in [5.41, 5.74) is 1.17. The lowest BCUT2D eigenvalue weighted by molar-refractivity contribution is 0.262. The Hall–Kier alpha value is -2.50. The number of aryl methyl sites for hydroxylation is 1. The molecule has 0 atom stereocenters. The van der Waals surface area contributed by atoms with E-state index < -0.39 is 6.03 Å². The minimum atomic E-state index is -0.556. The Morgan fingerprint density at radius 1 is 1.00 bits per heavy atom. The number of hydrogen-bond acceptors (Lipinski definition) is 2. The molecule has 0 unspecified atom stereocenters. The number of amides is 2. The summed E-state index contributed by atoms with van der Waals surface area (Å²) in [6.45, 7) is 1.60. The van der Waals surface area contributed by atoms with Gasteiger partial charge in [0, 0.05) is 16.5 Å². The first-order valence-corrected chi connectivity index (χ1v) is 8.05. The highest BCUT2D eigenvalue weighted by Crippen LogP contribution is 2.38. The molecule has 25 heavy (non-hydrogen) atoms. The highest BCUT2D eigenvalue weighted by molar-refractivity contribution is 6.41. The van der Waals surface area contributed by atoms with Crippen molar-refractivity contribution in [1.29, 1.82) is 0 Å². The van der Waals surface area contributed by atoms with Crippen LogP contribution in [0, 0.1) is 12.7 Å². The number of rotatable bonds is 2. The van der Waals surface area contributed by atoms with Crippen LogP contribution in [0.3, 0.4) is 0 Å². The van der Waals surface area contributed by atoms with Crippen molar-refractivity contribution in [2.75, 3.05) is 10.6 Å². The minimum absolute atomic E-state index is 0.0171. The Bertz CT molecular complexity index is 992. The maximum atomic E-state index is 13.3. The highest BCUT2D eigenvalue weighted by atomic mass is 35.5. The lowest BCUT2D eigenvalue weighted by atomic mass is 10.1. The van der Waals surface area contributed by atoms with E-state index in [1.54, 1.807) is 13.0 Å². The van der Waals surface area contributed by atoms with Crippen LogP contribution in [0.15, 0.2) is 42.5 Å². The standard InChI is InChI=1S/C18H13Cl2FN2O2/c1-9-6-10(2-5-16(9)21)22-18(25)23-17-13-7-11(24)3-4-12(13)14(19)8-15(17)20/h2-8,24H,1H3,(H2,22,23,25). The molecular weight excluding hydrogens is 366 g/mol.